The van der Waals surface area contributed by atoms with Gasteiger partial charge in [0.1, 0.15) is 0 Å². The second kappa shape index (κ2) is 5.47. The van der Waals surface area contributed by atoms with E-state index in [9.17, 15) is 0 Å². The highest BCUT2D eigenvalue weighted by Gasteiger charge is 1.91. The summed E-state index contributed by atoms with van der Waals surface area (Å²) in [6.45, 7) is 3.86. The Bertz CT molecular complexity index is 210. The molecule has 0 aromatic rings. The Hall–Kier alpha value is -1.31. The topological polar surface area (TPSA) is 49.9 Å². The van der Waals surface area contributed by atoms with E-state index in [1.807, 2.05) is 32.1 Å². The molecule has 0 rings (SSSR count). The van der Waals surface area contributed by atoms with Gasteiger partial charge in [0.25, 0.3) is 0 Å². The van der Waals surface area contributed by atoms with Crippen LogP contribution in [-0.2, 0) is 0 Å². The molecule has 0 aliphatic carbocycles. The molecule has 0 aliphatic rings. The number of allylic oxidation sites excluding steroid dienone is 5. The first-order chi connectivity index (χ1) is 5.26. The zero-order chi connectivity index (χ0) is 8.69. The van der Waals surface area contributed by atoms with Crippen LogP contribution < -0.4 is 5.73 Å². The highest BCUT2D eigenvalue weighted by atomic mass is 14.5. The number of hydrogen-bond acceptors (Lipinski definition) is 2. The van der Waals surface area contributed by atoms with E-state index in [-0.39, 0.29) is 0 Å². The van der Waals surface area contributed by atoms with Gasteiger partial charge in [-0.3, -0.25) is 0 Å². The van der Waals surface area contributed by atoms with Gasteiger partial charge < -0.3 is 11.1 Å². The van der Waals surface area contributed by atoms with Crippen LogP contribution in [-0.4, -0.2) is 6.21 Å². The van der Waals surface area contributed by atoms with Crippen molar-refractivity contribution in [2.75, 3.05) is 0 Å². The number of nitrogens with one attached hydrogen (secondary N) is 1. The zero-order valence-corrected chi connectivity index (χ0v) is 6.96. The van der Waals surface area contributed by atoms with Crippen molar-refractivity contribution in [3.63, 3.8) is 0 Å². The molecule has 0 aliphatic heterocycles. The summed E-state index contributed by atoms with van der Waals surface area (Å²) in [6, 6.07) is 0. The summed E-state index contributed by atoms with van der Waals surface area (Å²) in [5, 5.41) is 6.99. The van der Waals surface area contributed by atoms with Gasteiger partial charge in [0.15, 0.2) is 0 Å². The first-order valence-electron chi connectivity index (χ1n) is 3.48. The van der Waals surface area contributed by atoms with Crippen molar-refractivity contribution in [1.82, 2.24) is 0 Å². The SMILES string of the molecule is C\C=C/C=C(C)\C(C=N)=C\N. The van der Waals surface area contributed by atoms with Gasteiger partial charge in [0.05, 0.1) is 0 Å². The molecule has 60 valence electrons. The van der Waals surface area contributed by atoms with Crippen molar-refractivity contribution in [1.29, 1.82) is 5.41 Å². The predicted octanol–water partition coefficient (Wildman–Crippen LogP) is 2.00. The molecule has 0 fully saturated rings. The predicted molar refractivity (Wildman–Crippen MR) is 49.6 cm³/mol. The van der Waals surface area contributed by atoms with E-state index in [1.54, 1.807) is 0 Å². The maximum atomic E-state index is 6.99. The van der Waals surface area contributed by atoms with E-state index in [0.717, 1.165) is 11.1 Å². The Labute approximate surface area is 67.6 Å². The minimum atomic E-state index is 0.753. The molecule has 0 saturated heterocycles. The molecule has 11 heavy (non-hydrogen) atoms. The number of nitrogens with two attached hydrogens (primary N) is 1. The van der Waals surface area contributed by atoms with Crippen molar-refractivity contribution in [2.45, 2.75) is 13.8 Å². The fourth-order valence-corrected chi connectivity index (χ4v) is 0.630. The van der Waals surface area contributed by atoms with Crippen molar-refractivity contribution in [2.24, 2.45) is 5.73 Å². The maximum absolute atomic E-state index is 6.99. The first kappa shape index (κ1) is 9.69. The highest BCUT2D eigenvalue weighted by Crippen LogP contribution is 2.04. The van der Waals surface area contributed by atoms with Gasteiger partial charge in [0.2, 0.25) is 0 Å². The van der Waals surface area contributed by atoms with Crippen LogP contribution in [0.1, 0.15) is 13.8 Å². The molecular formula is C9H14N2. The van der Waals surface area contributed by atoms with Gasteiger partial charge >= 0.3 is 0 Å². The van der Waals surface area contributed by atoms with E-state index in [0.29, 0.717) is 0 Å². The third-order valence-electron chi connectivity index (χ3n) is 1.33. The van der Waals surface area contributed by atoms with Gasteiger partial charge in [-0.1, -0.05) is 18.2 Å². The van der Waals surface area contributed by atoms with Crippen molar-refractivity contribution < 1.29 is 0 Å². The van der Waals surface area contributed by atoms with Gasteiger partial charge in [0, 0.05) is 18.0 Å². The lowest BCUT2D eigenvalue weighted by molar-refractivity contribution is 1.40. The molecule has 0 heterocycles. The normalized spacial score (nSPS) is 14.0. The fourth-order valence-electron chi connectivity index (χ4n) is 0.630. The second-order valence-electron chi connectivity index (χ2n) is 2.14. The third kappa shape index (κ3) is 3.40. The summed E-state index contributed by atoms with van der Waals surface area (Å²) in [4.78, 5) is 0. The lowest BCUT2D eigenvalue weighted by Gasteiger charge is -1.96. The minimum absolute atomic E-state index is 0.753. The number of hydrogen-bond donors (Lipinski definition) is 2. The Morgan fingerprint density at radius 2 is 2.09 bits per heavy atom. The lowest BCUT2D eigenvalue weighted by Crippen LogP contribution is -1.91. The van der Waals surface area contributed by atoms with E-state index in [1.165, 1.54) is 12.4 Å². The van der Waals surface area contributed by atoms with Crippen LogP contribution in [0, 0.1) is 5.41 Å². The lowest BCUT2D eigenvalue weighted by atomic mass is 10.1. The quantitative estimate of drug-likeness (QED) is 0.469. The first-order valence-corrected chi connectivity index (χ1v) is 3.48. The van der Waals surface area contributed by atoms with E-state index in [2.05, 4.69) is 0 Å². The average Bonchev–Trinajstić information content (AvgIpc) is 2.03. The Kier molecular flexibility index (Phi) is 4.82. The summed E-state index contributed by atoms with van der Waals surface area (Å²) in [6.07, 6.45) is 8.45. The molecule has 3 N–H and O–H groups in total. The van der Waals surface area contributed by atoms with Crippen LogP contribution in [0.25, 0.3) is 0 Å². The molecule has 0 unspecified atom stereocenters. The van der Waals surface area contributed by atoms with Crippen LogP contribution >= 0.6 is 0 Å². The molecule has 0 spiro atoms. The molecule has 2 nitrogen and oxygen atoms in total. The maximum Gasteiger partial charge on any atom is 0.0267 e. The van der Waals surface area contributed by atoms with Gasteiger partial charge in [-0.15, -0.1) is 0 Å². The highest BCUT2D eigenvalue weighted by molar-refractivity contribution is 5.81. The molecule has 0 amide bonds. The molecule has 0 aromatic heterocycles. The summed E-state index contributed by atoms with van der Waals surface area (Å²) >= 11 is 0. The summed E-state index contributed by atoms with van der Waals surface area (Å²) in [5.41, 5.74) is 7.03. The average molecular weight is 150 g/mol. The second-order valence-corrected chi connectivity index (χ2v) is 2.14. The molecular weight excluding hydrogens is 136 g/mol. The molecule has 0 radical (unpaired) electrons. The summed E-state index contributed by atoms with van der Waals surface area (Å²) in [5.74, 6) is 0. The molecule has 0 atom stereocenters. The fraction of sp³-hybridized carbons (Fsp3) is 0.222. The third-order valence-corrected chi connectivity index (χ3v) is 1.33. The van der Waals surface area contributed by atoms with E-state index < -0.39 is 0 Å². The largest absolute Gasteiger partial charge is 0.404 e. The van der Waals surface area contributed by atoms with Crippen LogP contribution in [0.5, 0.6) is 0 Å². The summed E-state index contributed by atoms with van der Waals surface area (Å²) in [7, 11) is 0. The standard InChI is InChI=1S/C9H14N2/c1-3-4-5-8(2)9(6-10)7-11/h3-7,10H,11H2,1-2H3/b4-3-,8-5-,9-7+,10-6?. The molecule has 0 aromatic carbocycles. The van der Waals surface area contributed by atoms with Crippen molar-refractivity contribution >= 4 is 6.21 Å². The van der Waals surface area contributed by atoms with Crippen LogP contribution in [0.4, 0.5) is 0 Å². The monoisotopic (exact) mass is 150 g/mol. The molecule has 0 saturated carbocycles. The van der Waals surface area contributed by atoms with Gasteiger partial charge in [-0.2, -0.15) is 0 Å². The van der Waals surface area contributed by atoms with E-state index in [4.69, 9.17) is 11.1 Å². The van der Waals surface area contributed by atoms with Crippen LogP contribution in [0.15, 0.2) is 35.6 Å². The van der Waals surface area contributed by atoms with Crippen molar-refractivity contribution in [3.8, 4) is 0 Å². The Morgan fingerprint density at radius 1 is 1.45 bits per heavy atom. The zero-order valence-electron chi connectivity index (χ0n) is 6.96. The Morgan fingerprint density at radius 3 is 2.45 bits per heavy atom. The van der Waals surface area contributed by atoms with Crippen LogP contribution in [0.3, 0.4) is 0 Å². The van der Waals surface area contributed by atoms with Crippen molar-refractivity contribution in [3.05, 3.63) is 35.6 Å². The van der Waals surface area contributed by atoms with Gasteiger partial charge in [-0.05, 0) is 19.4 Å². The molecule has 0 bridgehead atoms. The minimum Gasteiger partial charge on any atom is -0.404 e. The number of rotatable bonds is 3. The van der Waals surface area contributed by atoms with E-state index >= 15 is 0 Å². The Balaban J connectivity index is 4.44. The molecule has 2 heteroatoms. The summed E-state index contributed by atoms with van der Waals surface area (Å²) < 4.78 is 0. The van der Waals surface area contributed by atoms with Crippen LogP contribution in [0.2, 0.25) is 0 Å². The van der Waals surface area contributed by atoms with Gasteiger partial charge in [-0.25, -0.2) is 0 Å². The smallest absolute Gasteiger partial charge is 0.0267 e.